The highest BCUT2D eigenvalue weighted by Gasteiger charge is 2.70. The molecule has 39 heavy (non-hydrogen) atoms. The maximum absolute atomic E-state index is 14.2. The van der Waals surface area contributed by atoms with Gasteiger partial charge in [0.1, 0.15) is 12.1 Å². The number of carboxylic acids is 1. The molecular weight excluding hydrogens is 492 g/mol. The maximum atomic E-state index is 14.2. The van der Waals surface area contributed by atoms with Gasteiger partial charge in [-0.2, -0.15) is 0 Å². The molecule has 0 bridgehead atoms. The Bertz CT molecular complexity index is 1180. The van der Waals surface area contributed by atoms with Crippen LogP contribution in [0.25, 0.3) is 0 Å². The standard InChI is InChI=1S/C31H40N4O4/c1-21-25-14-16-35(31(21,25)20-34-15-8-13-27(34)30(38)39)29(37)26(18-23-11-6-3-7-12-23)33-28(36)19-24(32)17-22-9-4-2-5-10-22/h2-7,9-12,21,24-27H,8,13-20,32H2,1H3,(H,33,36)(H,38,39)/t21-,24+,25+,26-,27-,31-/m0/s1. The Hall–Kier alpha value is -3.23. The minimum atomic E-state index is -0.786. The highest BCUT2D eigenvalue weighted by molar-refractivity contribution is 5.89. The second-order valence-electron chi connectivity index (χ2n) is 11.6. The fourth-order valence-electron chi connectivity index (χ4n) is 7.13. The van der Waals surface area contributed by atoms with Gasteiger partial charge >= 0.3 is 5.97 Å². The molecule has 8 nitrogen and oxygen atoms in total. The van der Waals surface area contributed by atoms with Crippen molar-refractivity contribution in [3.05, 3.63) is 71.8 Å². The molecule has 2 aromatic carbocycles. The third kappa shape index (κ3) is 5.72. The van der Waals surface area contributed by atoms with Crippen molar-refractivity contribution >= 4 is 17.8 Å². The van der Waals surface area contributed by atoms with Crippen LogP contribution in [0.4, 0.5) is 0 Å². The van der Waals surface area contributed by atoms with E-state index in [1.54, 1.807) is 0 Å². The molecule has 8 heteroatoms. The molecule has 0 unspecified atom stereocenters. The molecule has 208 valence electrons. The lowest BCUT2D eigenvalue weighted by atomic mass is 10.0. The zero-order valence-corrected chi connectivity index (χ0v) is 22.7. The molecule has 0 spiro atoms. The number of nitrogens with two attached hydrogens (primary N) is 1. The molecule has 2 heterocycles. The predicted octanol–water partition coefficient (Wildman–Crippen LogP) is 2.46. The second-order valence-corrected chi connectivity index (χ2v) is 11.6. The zero-order chi connectivity index (χ0) is 27.6. The van der Waals surface area contributed by atoms with Gasteiger partial charge in [0.05, 0.1) is 5.54 Å². The molecule has 4 N–H and O–H groups in total. The second kappa shape index (κ2) is 11.5. The number of hydrogen-bond donors (Lipinski definition) is 3. The molecule has 1 saturated carbocycles. The van der Waals surface area contributed by atoms with Crippen molar-refractivity contribution in [3.8, 4) is 0 Å². The molecule has 2 amide bonds. The summed E-state index contributed by atoms with van der Waals surface area (Å²) in [4.78, 5) is 43.2. The average molecular weight is 533 g/mol. The van der Waals surface area contributed by atoms with Crippen molar-refractivity contribution in [1.29, 1.82) is 0 Å². The van der Waals surface area contributed by atoms with Crippen molar-refractivity contribution in [1.82, 2.24) is 15.1 Å². The van der Waals surface area contributed by atoms with Crippen LogP contribution < -0.4 is 11.1 Å². The quantitative estimate of drug-likeness (QED) is 0.410. The Morgan fingerprint density at radius 2 is 1.64 bits per heavy atom. The van der Waals surface area contributed by atoms with Crippen molar-refractivity contribution in [2.75, 3.05) is 19.6 Å². The largest absolute Gasteiger partial charge is 0.480 e. The average Bonchev–Trinajstić information content (AvgIpc) is 3.26. The third-order valence-corrected chi connectivity index (χ3v) is 9.17. The van der Waals surface area contributed by atoms with E-state index in [0.717, 1.165) is 30.5 Å². The molecule has 2 aliphatic heterocycles. The summed E-state index contributed by atoms with van der Waals surface area (Å²) >= 11 is 0. The van der Waals surface area contributed by atoms with E-state index in [1.165, 1.54) is 0 Å². The fraction of sp³-hybridized carbons (Fsp3) is 0.516. The van der Waals surface area contributed by atoms with Gasteiger partial charge < -0.3 is 21.1 Å². The van der Waals surface area contributed by atoms with Gasteiger partial charge in [0.15, 0.2) is 0 Å². The van der Waals surface area contributed by atoms with Gasteiger partial charge in [0.2, 0.25) is 11.8 Å². The number of piperidine rings is 1. The lowest BCUT2D eigenvalue weighted by Gasteiger charge is -2.37. The molecule has 3 fully saturated rings. The highest BCUT2D eigenvalue weighted by atomic mass is 16.4. The summed E-state index contributed by atoms with van der Waals surface area (Å²) < 4.78 is 0. The van der Waals surface area contributed by atoms with Crippen molar-refractivity contribution in [3.63, 3.8) is 0 Å². The summed E-state index contributed by atoms with van der Waals surface area (Å²) in [6.07, 6.45) is 3.52. The van der Waals surface area contributed by atoms with Gasteiger partial charge in [0, 0.05) is 32.0 Å². The highest BCUT2D eigenvalue weighted by Crippen LogP contribution is 2.61. The van der Waals surface area contributed by atoms with Crippen molar-refractivity contribution < 1.29 is 19.5 Å². The number of benzene rings is 2. The first-order valence-electron chi connectivity index (χ1n) is 14.2. The van der Waals surface area contributed by atoms with Crippen LogP contribution >= 0.6 is 0 Å². The number of nitrogens with one attached hydrogen (secondary N) is 1. The molecular formula is C31H40N4O4. The molecule has 2 saturated heterocycles. The fourth-order valence-corrected chi connectivity index (χ4v) is 7.13. The topological polar surface area (TPSA) is 116 Å². The number of fused-ring (bicyclic) bond motifs is 1. The lowest BCUT2D eigenvalue weighted by Crippen LogP contribution is -2.57. The molecule has 0 aromatic heterocycles. The van der Waals surface area contributed by atoms with Gasteiger partial charge in [-0.15, -0.1) is 0 Å². The normalized spacial score (nSPS) is 27.5. The van der Waals surface area contributed by atoms with Gasteiger partial charge in [-0.3, -0.25) is 19.3 Å². The lowest BCUT2D eigenvalue weighted by molar-refractivity contribution is -0.143. The number of nitrogens with zero attached hydrogens (tertiary/aromatic N) is 2. The Morgan fingerprint density at radius 1 is 1.00 bits per heavy atom. The smallest absolute Gasteiger partial charge is 0.320 e. The summed E-state index contributed by atoms with van der Waals surface area (Å²) in [6, 6.07) is 18.0. The Labute approximate surface area is 230 Å². The van der Waals surface area contributed by atoms with E-state index in [-0.39, 0.29) is 29.8 Å². The van der Waals surface area contributed by atoms with Crippen LogP contribution in [0.2, 0.25) is 0 Å². The molecule has 5 rings (SSSR count). The van der Waals surface area contributed by atoms with Crippen molar-refractivity contribution in [2.45, 2.75) is 69.1 Å². The molecule has 1 aliphatic carbocycles. The first-order chi connectivity index (χ1) is 18.8. The summed E-state index contributed by atoms with van der Waals surface area (Å²) in [6.45, 7) is 4.12. The zero-order valence-electron chi connectivity index (χ0n) is 22.7. The van der Waals surface area contributed by atoms with E-state index in [4.69, 9.17) is 5.73 Å². The Kier molecular flexibility index (Phi) is 8.05. The number of aliphatic carboxylic acids is 1. The van der Waals surface area contributed by atoms with E-state index >= 15 is 0 Å². The van der Waals surface area contributed by atoms with E-state index in [2.05, 4.69) is 17.1 Å². The summed E-state index contributed by atoms with van der Waals surface area (Å²) in [5.41, 5.74) is 8.01. The first-order valence-corrected chi connectivity index (χ1v) is 14.2. The van der Waals surface area contributed by atoms with E-state index in [1.807, 2.05) is 65.6 Å². The Morgan fingerprint density at radius 3 is 2.26 bits per heavy atom. The number of hydrogen-bond acceptors (Lipinski definition) is 5. The van der Waals surface area contributed by atoms with E-state index < -0.39 is 18.1 Å². The summed E-state index contributed by atoms with van der Waals surface area (Å²) in [5, 5.41) is 12.8. The van der Waals surface area contributed by atoms with Crippen LogP contribution in [0.5, 0.6) is 0 Å². The number of carbonyl (C=O) groups excluding carboxylic acids is 2. The number of carboxylic acid groups (broad SMARTS) is 1. The number of rotatable bonds is 11. The minimum absolute atomic E-state index is 0.0817. The number of amides is 2. The predicted molar refractivity (Wildman–Crippen MR) is 149 cm³/mol. The van der Waals surface area contributed by atoms with Crippen LogP contribution in [0.3, 0.4) is 0 Å². The maximum Gasteiger partial charge on any atom is 0.320 e. The van der Waals surface area contributed by atoms with E-state index in [0.29, 0.717) is 44.2 Å². The van der Waals surface area contributed by atoms with Gasteiger partial charge in [-0.25, -0.2) is 0 Å². The van der Waals surface area contributed by atoms with Crippen LogP contribution in [0.15, 0.2) is 60.7 Å². The van der Waals surface area contributed by atoms with E-state index in [9.17, 15) is 19.5 Å². The molecule has 6 atom stereocenters. The molecule has 0 radical (unpaired) electrons. The van der Waals surface area contributed by atoms with Gasteiger partial charge in [-0.1, -0.05) is 67.6 Å². The number of likely N-dealkylation sites (tertiary alicyclic amines) is 2. The minimum Gasteiger partial charge on any atom is -0.480 e. The summed E-state index contributed by atoms with van der Waals surface area (Å²) in [5.74, 6) is -0.430. The van der Waals surface area contributed by atoms with Crippen LogP contribution in [-0.4, -0.2) is 76.0 Å². The van der Waals surface area contributed by atoms with Gasteiger partial charge in [0.25, 0.3) is 0 Å². The number of carbonyl (C=O) groups is 3. The first kappa shape index (κ1) is 27.3. The third-order valence-electron chi connectivity index (χ3n) is 9.17. The molecule has 3 aliphatic rings. The van der Waals surface area contributed by atoms with Crippen LogP contribution in [-0.2, 0) is 27.2 Å². The summed E-state index contributed by atoms with van der Waals surface area (Å²) in [7, 11) is 0. The Balaban J connectivity index is 1.31. The van der Waals surface area contributed by atoms with Crippen molar-refractivity contribution in [2.24, 2.45) is 17.6 Å². The molecule has 2 aromatic rings. The monoisotopic (exact) mass is 532 g/mol. The van der Waals surface area contributed by atoms with Crippen LogP contribution in [0.1, 0.15) is 43.7 Å². The van der Waals surface area contributed by atoms with Gasteiger partial charge in [-0.05, 0) is 55.2 Å². The SMILES string of the molecule is C[C@H]1[C@H]2CCN(C(=O)[C@H](Cc3ccccc3)NC(=O)C[C@H](N)Cc3ccccc3)[C@]21CN1CCC[C@H]1C(=O)O. The van der Waals surface area contributed by atoms with Crippen LogP contribution in [0, 0.1) is 11.8 Å².